The van der Waals surface area contributed by atoms with Gasteiger partial charge >= 0.3 is 0 Å². The average Bonchev–Trinajstić information content (AvgIpc) is 3.38. The molecule has 12 heteroatoms. The number of anilines is 2. The van der Waals surface area contributed by atoms with Gasteiger partial charge < -0.3 is 19.9 Å². The summed E-state index contributed by atoms with van der Waals surface area (Å²) in [6, 6.07) is 10.2. The Morgan fingerprint density at radius 2 is 2.17 bits per heavy atom. The highest BCUT2D eigenvalue weighted by molar-refractivity contribution is 9.10. The van der Waals surface area contributed by atoms with Crippen LogP contribution in [-0.2, 0) is 4.79 Å². The van der Waals surface area contributed by atoms with E-state index in [4.69, 9.17) is 9.47 Å². The van der Waals surface area contributed by atoms with Crippen LogP contribution in [0.1, 0.15) is 5.56 Å². The van der Waals surface area contributed by atoms with Gasteiger partial charge in [-0.15, -0.1) is 5.10 Å². The van der Waals surface area contributed by atoms with Gasteiger partial charge in [0.25, 0.3) is 0 Å². The topological polar surface area (TPSA) is 134 Å². The predicted octanol–water partition coefficient (Wildman–Crippen LogP) is 3.18. The van der Waals surface area contributed by atoms with Crippen molar-refractivity contribution >= 4 is 51.4 Å². The fraction of sp³-hybridized carbons (Fsp3) is 0.111. The number of aromatic nitrogens is 3. The van der Waals surface area contributed by atoms with Crippen LogP contribution >= 0.6 is 27.7 Å². The Hall–Kier alpha value is -3.25. The SMILES string of the molecule is O=C(CSc1n[nH]c(N/N=C/c2cc(Br)ccc2O)n1)Nc1ccc2c(c1)OCO2. The number of thioether (sulfide) groups is 1. The Labute approximate surface area is 183 Å². The molecule has 0 radical (unpaired) electrons. The van der Waals surface area contributed by atoms with Crippen LogP contribution in [0.25, 0.3) is 0 Å². The number of aromatic amines is 1. The Morgan fingerprint density at radius 1 is 1.30 bits per heavy atom. The maximum absolute atomic E-state index is 12.1. The van der Waals surface area contributed by atoms with Gasteiger partial charge in [-0.1, -0.05) is 27.7 Å². The zero-order valence-corrected chi connectivity index (χ0v) is 17.7. The number of rotatable bonds is 7. The van der Waals surface area contributed by atoms with Gasteiger partial charge in [0.2, 0.25) is 23.8 Å². The third-order valence-electron chi connectivity index (χ3n) is 3.82. The van der Waals surface area contributed by atoms with Crippen molar-refractivity contribution in [2.24, 2.45) is 5.10 Å². The number of amides is 1. The molecule has 1 aliphatic heterocycles. The number of aromatic hydroxyl groups is 1. The van der Waals surface area contributed by atoms with Gasteiger partial charge in [0.05, 0.1) is 12.0 Å². The van der Waals surface area contributed by atoms with E-state index in [1.807, 2.05) is 0 Å². The normalized spacial score (nSPS) is 12.3. The van der Waals surface area contributed by atoms with E-state index < -0.39 is 0 Å². The number of carbonyl (C=O) groups is 1. The fourth-order valence-electron chi connectivity index (χ4n) is 2.45. The number of H-pyrrole nitrogens is 1. The van der Waals surface area contributed by atoms with Gasteiger partial charge in [0.15, 0.2) is 11.5 Å². The highest BCUT2D eigenvalue weighted by Crippen LogP contribution is 2.34. The van der Waals surface area contributed by atoms with Crippen LogP contribution in [0.5, 0.6) is 17.2 Å². The van der Waals surface area contributed by atoms with E-state index in [9.17, 15) is 9.90 Å². The van der Waals surface area contributed by atoms with Gasteiger partial charge in [-0.05, 0) is 30.3 Å². The maximum Gasteiger partial charge on any atom is 0.240 e. The highest BCUT2D eigenvalue weighted by Gasteiger charge is 2.14. The van der Waals surface area contributed by atoms with Gasteiger partial charge in [0, 0.05) is 21.8 Å². The molecule has 1 aromatic heterocycles. The minimum atomic E-state index is -0.207. The Balaban J connectivity index is 1.26. The lowest BCUT2D eigenvalue weighted by Gasteiger charge is -2.05. The van der Waals surface area contributed by atoms with Crippen LogP contribution in [0.4, 0.5) is 11.6 Å². The molecule has 0 saturated carbocycles. The molecule has 0 atom stereocenters. The van der Waals surface area contributed by atoms with Crippen molar-refractivity contribution < 1.29 is 19.4 Å². The molecule has 3 aromatic rings. The Kier molecular flexibility index (Phi) is 6.05. The number of hydrogen-bond donors (Lipinski definition) is 4. The first-order valence-corrected chi connectivity index (χ1v) is 10.4. The lowest BCUT2D eigenvalue weighted by atomic mass is 10.2. The molecule has 154 valence electrons. The Bertz CT molecular complexity index is 1110. The summed E-state index contributed by atoms with van der Waals surface area (Å²) in [5.74, 6) is 1.58. The van der Waals surface area contributed by atoms with Crippen molar-refractivity contribution in [3.8, 4) is 17.2 Å². The zero-order valence-electron chi connectivity index (χ0n) is 15.3. The molecule has 0 unspecified atom stereocenters. The number of phenolic OH excluding ortho intramolecular Hbond substituents is 1. The van der Waals surface area contributed by atoms with Crippen molar-refractivity contribution in [2.45, 2.75) is 5.16 Å². The first kappa shape index (κ1) is 20.0. The molecule has 0 spiro atoms. The summed E-state index contributed by atoms with van der Waals surface area (Å²) in [4.78, 5) is 16.3. The van der Waals surface area contributed by atoms with E-state index in [0.29, 0.717) is 33.9 Å². The minimum absolute atomic E-state index is 0.103. The molecule has 4 N–H and O–H groups in total. The van der Waals surface area contributed by atoms with Crippen LogP contribution in [0.3, 0.4) is 0 Å². The molecule has 0 aliphatic carbocycles. The van der Waals surface area contributed by atoms with E-state index in [0.717, 1.165) is 4.47 Å². The fourth-order valence-corrected chi connectivity index (χ4v) is 3.43. The third-order valence-corrected chi connectivity index (χ3v) is 5.16. The van der Waals surface area contributed by atoms with E-state index in [1.54, 1.807) is 36.4 Å². The largest absolute Gasteiger partial charge is 0.507 e. The second kappa shape index (κ2) is 9.05. The van der Waals surface area contributed by atoms with Gasteiger partial charge in [-0.2, -0.15) is 10.1 Å². The molecule has 2 heterocycles. The molecule has 4 rings (SSSR count). The smallest absolute Gasteiger partial charge is 0.240 e. The van der Waals surface area contributed by atoms with E-state index in [1.165, 1.54) is 18.0 Å². The van der Waals surface area contributed by atoms with Gasteiger partial charge in [0.1, 0.15) is 5.75 Å². The number of nitrogens with one attached hydrogen (secondary N) is 3. The molecule has 10 nitrogen and oxygen atoms in total. The number of fused-ring (bicyclic) bond motifs is 1. The number of carbonyl (C=O) groups excluding carboxylic acids is 1. The van der Waals surface area contributed by atoms with E-state index in [-0.39, 0.29) is 24.2 Å². The first-order valence-electron chi connectivity index (χ1n) is 8.59. The summed E-state index contributed by atoms with van der Waals surface area (Å²) in [6.07, 6.45) is 1.45. The van der Waals surface area contributed by atoms with E-state index in [2.05, 4.69) is 47.0 Å². The van der Waals surface area contributed by atoms with Crippen LogP contribution in [0.15, 0.2) is 51.1 Å². The molecular weight excluding hydrogens is 476 g/mol. The van der Waals surface area contributed by atoms with Crippen LogP contribution in [0, 0.1) is 0 Å². The van der Waals surface area contributed by atoms with Crippen LogP contribution in [0.2, 0.25) is 0 Å². The third kappa shape index (κ3) is 5.02. The minimum Gasteiger partial charge on any atom is -0.507 e. The summed E-state index contributed by atoms with van der Waals surface area (Å²) < 4.78 is 11.3. The summed E-state index contributed by atoms with van der Waals surface area (Å²) >= 11 is 4.50. The number of hydrogen-bond acceptors (Lipinski definition) is 9. The number of hydrazone groups is 1. The molecule has 0 saturated heterocycles. The van der Waals surface area contributed by atoms with E-state index >= 15 is 0 Å². The number of benzene rings is 2. The van der Waals surface area contributed by atoms with Gasteiger partial charge in [-0.3, -0.25) is 4.79 Å². The predicted molar refractivity (Wildman–Crippen MR) is 115 cm³/mol. The highest BCUT2D eigenvalue weighted by atomic mass is 79.9. The maximum atomic E-state index is 12.1. The molecule has 1 aliphatic rings. The lowest BCUT2D eigenvalue weighted by Crippen LogP contribution is -2.14. The second-order valence-corrected chi connectivity index (χ2v) is 7.80. The van der Waals surface area contributed by atoms with Crippen LogP contribution in [-0.4, -0.2) is 45.0 Å². The molecule has 0 fully saturated rings. The quantitative estimate of drug-likeness (QED) is 0.225. The van der Waals surface area contributed by atoms with Crippen LogP contribution < -0.4 is 20.2 Å². The summed E-state index contributed by atoms with van der Waals surface area (Å²) in [7, 11) is 0. The zero-order chi connectivity index (χ0) is 20.9. The summed E-state index contributed by atoms with van der Waals surface area (Å²) in [5.41, 5.74) is 3.84. The number of phenols is 1. The van der Waals surface area contributed by atoms with Gasteiger partial charge in [-0.25, -0.2) is 10.5 Å². The Morgan fingerprint density at radius 3 is 3.07 bits per heavy atom. The number of ether oxygens (including phenoxy) is 2. The average molecular weight is 491 g/mol. The van der Waals surface area contributed by atoms with Crippen molar-refractivity contribution in [1.29, 1.82) is 0 Å². The van der Waals surface area contributed by atoms with Crippen molar-refractivity contribution in [2.75, 3.05) is 23.3 Å². The summed E-state index contributed by atoms with van der Waals surface area (Å²) in [5, 5.41) is 23.7. The monoisotopic (exact) mass is 490 g/mol. The number of halogens is 1. The molecule has 2 aromatic carbocycles. The molecule has 1 amide bonds. The number of nitrogens with zero attached hydrogens (tertiary/aromatic N) is 3. The summed E-state index contributed by atoms with van der Waals surface area (Å²) in [6.45, 7) is 0.178. The molecular formula is C18H15BrN6O4S. The lowest BCUT2D eigenvalue weighted by molar-refractivity contribution is -0.113. The molecule has 0 bridgehead atoms. The van der Waals surface area contributed by atoms with Crippen molar-refractivity contribution in [3.63, 3.8) is 0 Å². The van der Waals surface area contributed by atoms with Crippen molar-refractivity contribution in [3.05, 3.63) is 46.4 Å². The molecule has 30 heavy (non-hydrogen) atoms. The van der Waals surface area contributed by atoms with Crippen molar-refractivity contribution in [1.82, 2.24) is 15.2 Å². The first-order chi connectivity index (χ1) is 14.6. The second-order valence-electron chi connectivity index (χ2n) is 5.94. The standard InChI is InChI=1S/C18H15BrN6O4S/c19-11-1-3-13(26)10(5-11)7-20-23-17-22-18(25-24-17)30-8-16(27)21-12-2-4-14-15(6-12)29-9-28-14/h1-7,26H,8-9H2,(H,21,27)(H2,22,23,24,25)/b20-7+.